The molecule has 0 bridgehead atoms. The third-order valence-electron chi connectivity index (χ3n) is 3.59. The minimum absolute atomic E-state index is 0.0857. The van der Waals surface area contributed by atoms with Crippen molar-refractivity contribution in [1.82, 2.24) is 5.32 Å². The Balaban J connectivity index is 1.82. The van der Waals surface area contributed by atoms with Crippen LogP contribution in [0.5, 0.6) is 5.75 Å². The van der Waals surface area contributed by atoms with Crippen molar-refractivity contribution in [2.24, 2.45) is 0 Å². The predicted molar refractivity (Wildman–Crippen MR) is 76.1 cm³/mol. The Bertz CT molecular complexity index is 394. The molecule has 2 rings (SSSR count). The monoisotopic (exact) mass is 261 g/mol. The summed E-state index contributed by atoms with van der Waals surface area (Å²) in [5, 5.41) is 2.87. The standard InChI is InChI=1S/C16H23NO2/c1-2-16(18)17-12-13-8-10-15(11-9-13)19-14-6-4-3-5-7-14/h8-11,14H,2-7,12H2,1H3,(H,17,18). The van der Waals surface area contributed by atoms with Crippen LogP contribution in [0.3, 0.4) is 0 Å². The molecule has 1 saturated carbocycles. The third-order valence-corrected chi connectivity index (χ3v) is 3.59. The molecule has 1 amide bonds. The lowest BCUT2D eigenvalue weighted by molar-refractivity contribution is -0.120. The topological polar surface area (TPSA) is 38.3 Å². The first-order chi connectivity index (χ1) is 9.28. The number of amides is 1. The third kappa shape index (κ3) is 4.58. The summed E-state index contributed by atoms with van der Waals surface area (Å²) in [7, 11) is 0. The highest BCUT2D eigenvalue weighted by Gasteiger charge is 2.14. The Morgan fingerprint density at radius 3 is 2.53 bits per heavy atom. The number of rotatable bonds is 5. The van der Waals surface area contributed by atoms with E-state index in [0.717, 1.165) is 11.3 Å². The first-order valence-corrected chi connectivity index (χ1v) is 7.30. The molecular formula is C16H23NO2. The number of ether oxygens (including phenoxy) is 1. The van der Waals surface area contributed by atoms with E-state index in [2.05, 4.69) is 5.32 Å². The van der Waals surface area contributed by atoms with E-state index in [9.17, 15) is 4.79 Å². The van der Waals surface area contributed by atoms with Crippen LogP contribution in [-0.4, -0.2) is 12.0 Å². The van der Waals surface area contributed by atoms with E-state index in [1.165, 1.54) is 32.1 Å². The van der Waals surface area contributed by atoms with Gasteiger partial charge in [-0.1, -0.05) is 25.5 Å². The van der Waals surface area contributed by atoms with E-state index in [1.54, 1.807) is 0 Å². The van der Waals surface area contributed by atoms with Gasteiger partial charge >= 0.3 is 0 Å². The van der Waals surface area contributed by atoms with Crippen LogP contribution in [0.25, 0.3) is 0 Å². The summed E-state index contributed by atoms with van der Waals surface area (Å²) in [6, 6.07) is 8.05. The van der Waals surface area contributed by atoms with Crippen LogP contribution in [0, 0.1) is 0 Å². The first kappa shape index (κ1) is 13.9. The molecule has 0 unspecified atom stereocenters. The van der Waals surface area contributed by atoms with Crippen LogP contribution in [0.15, 0.2) is 24.3 Å². The zero-order valence-corrected chi connectivity index (χ0v) is 11.7. The molecule has 0 radical (unpaired) electrons. The lowest BCUT2D eigenvalue weighted by Gasteiger charge is -2.23. The van der Waals surface area contributed by atoms with Gasteiger partial charge in [-0.2, -0.15) is 0 Å². The molecule has 1 N–H and O–H groups in total. The largest absolute Gasteiger partial charge is 0.490 e. The Hall–Kier alpha value is -1.51. The van der Waals surface area contributed by atoms with Crippen LogP contribution in [0.1, 0.15) is 51.0 Å². The number of hydrogen-bond acceptors (Lipinski definition) is 2. The van der Waals surface area contributed by atoms with E-state index in [-0.39, 0.29) is 5.91 Å². The summed E-state index contributed by atoms with van der Waals surface area (Å²) in [5.41, 5.74) is 1.11. The van der Waals surface area contributed by atoms with Gasteiger partial charge in [-0.15, -0.1) is 0 Å². The quantitative estimate of drug-likeness (QED) is 0.882. The van der Waals surface area contributed by atoms with Gasteiger partial charge in [-0.25, -0.2) is 0 Å². The van der Waals surface area contributed by atoms with Crippen molar-refractivity contribution in [3.63, 3.8) is 0 Å². The fourth-order valence-electron chi connectivity index (χ4n) is 2.39. The average molecular weight is 261 g/mol. The van der Waals surface area contributed by atoms with Gasteiger partial charge in [0, 0.05) is 13.0 Å². The highest BCUT2D eigenvalue weighted by atomic mass is 16.5. The van der Waals surface area contributed by atoms with E-state index >= 15 is 0 Å². The Labute approximate surface area is 115 Å². The Kier molecular flexibility index (Phi) is 5.25. The summed E-state index contributed by atoms with van der Waals surface area (Å²) >= 11 is 0. The normalized spacial score (nSPS) is 16.1. The van der Waals surface area contributed by atoms with Gasteiger partial charge in [-0.05, 0) is 43.4 Å². The van der Waals surface area contributed by atoms with E-state index < -0.39 is 0 Å². The molecule has 3 heteroatoms. The van der Waals surface area contributed by atoms with Crippen molar-refractivity contribution in [1.29, 1.82) is 0 Å². The van der Waals surface area contributed by atoms with Crippen molar-refractivity contribution < 1.29 is 9.53 Å². The summed E-state index contributed by atoms with van der Waals surface area (Å²) < 4.78 is 5.97. The van der Waals surface area contributed by atoms with Gasteiger partial charge in [0.2, 0.25) is 5.91 Å². The molecule has 3 nitrogen and oxygen atoms in total. The van der Waals surface area contributed by atoms with Crippen molar-refractivity contribution in [2.75, 3.05) is 0 Å². The van der Waals surface area contributed by atoms with Gasteiger partial charge < -0.3 is 10.1 Å². The van der Waals surface area contributed by atoms with E-state index in [4.69, 9.17) is 4.74 Å². The molecule has 0 spiro atoms. The molecule has 1 aromatic rings. The highest BCUT2D eigenvalue weighted by Crippen LogP contribution is 2.23. The van der Waals surface area contributed by atoms with Crippen LogP contribution in [0.2, 0.25) is 0 Å². The Morgan fingerprint density at radius 1 is 1.21 bits per heavy atom. The number of nitrogens with one attached hydrogen (secondary N) is 1. The Morgan fingerprint density at radius 2 is 1.89 bits per heavy atom. The van der Waals surface area contributed by atoms with Crippen molar-refractivity contribution in [3.8, 4) is 5.75 Å². The molecule has 19 heavy (non-hydrogen) atoms. The number of carbonyl (C=O) groups is 1. The lowest BCUT2D eigenvalue weighted by Crippen LogP contribution is -2.21. The van der Waals surface area contributed by atoms with Crippen molar-refractivity contribution >= 4 is 5.91 Å². The first-order valence-electron chi connectivity index (χ1n) is 7.30. The minimum atomic E-state index is 0.0857. The summed E-state index contributed by atoms with van der Waals surface area (Å²) in [4.78, 5) is 11.2. The SMILES string of the molecule is CCC(=O)NCc1ccc(OC2CCCCC2)cc1. The number of carbonyl (C=O) groups excluding carboxylic acids is 1. The molecule has 1 fully saturated rings. The van der Waals surface area contributed by atoms with Crippen molar-refractivity contribution in [3.05, 3.63) is 29.8 Å². The zero-order valence-electron chi connectivity index (χ0n) is 11.7. The summed E-state index contributed by atoms with van der Waals surface area (Å²) in [6.07, 6.45) is 7.18. The maximum absolute atomic E-state index is 11.2. The summed E-state index contributed by atoms with van der Waals surface area (Å²) in [6.45, 7) is 2.45. The molecule has 0 aromatic heterocycles. The number of benzene rings is 1. The molecule has 0 aliphatic heterocycles. The predicted octanol–water partition coefficient (Wildman–Crippen LogP) is 3.42. The lowest BCUT2D eigenvalue weighted by atomic mass is 9.98. The summed E-state index contributed by atoms with van der Waals surface area (Å²) in [5.74, 6) is 1.03. The second kappa shape index (κ2) is 7.17. The van der Waals surface area contributed by atoms with Gasteiger partial charge in [0.05, 0.1) is 6.10 Å². The van der Waals surface area contributed by atoms with Gasteiger partial charge in [0.25, 0.3) is 0 Å². The molecule has 0 heterocycles. The second-order valence-corrected chi connectivity index (χ2v) is 5.15. The fourth-order valence-corrected chi connectivity index (χ4v) is 2.39. The highest BCUT2D eigenvalue weighted by molar-refractivity contribution is 5.75. The average Bonchev–Trinajstić information content (AvgIpc) is 2.47. The maximum Gasteiger partial charge on any atom is 0.219 e. The van der Waals surface area contributed by atoms with Crippen LogP contribution in [-0.2, 0) is 11.3 Å². The molecule has 1 aliphatic rings. The van der Waals surface area contributed by atoms with Crippen molar-refractivity contribution in [2.45, 2.75) is 58.1 Å². The minimum Gasteiger partial charge on any atom is -0.490 e. The van der Waals surface area contributed by atoms with Gasteiger partial charge in [0.1, 0.15) is 5.75 Å². The van der Waals surface area contributed by atoms with Gasteiger partial charge in [-0.3, -0.25) is 4.79 Å². The second-order valence-electron chi connectivity index (χ2n) is 5.15. The molecular weight excluding hydrogens is 238 g/mol. The number of hydrogen-bond donors (Lipinski definition) is 1. The van der Waals surface area contributed by atoms with Crippen LogP contribution in [0.4, 0.5) is 0 Å². The molecule has 0 atom stereocenters. The zero-order chi connectivity index (χ0) is 13.5. The van der Waals surface area contributed by atoms with Crippen LogP contribution >= 0.6 is 0 Å². The van der Waals surface area contributed by atoms with Gasteiger partial charge in [0.15, 0.2) is 0 Å². The molecule has 1 aromatic carbocycles. The van der Waals surface area contributed by atoms with Crippen LogP contribution < -0.4 is 10.1 Å². The maximum atomic E-state index is 11.2. The van der Waals surface area contributed by atoms with E-state index in [1.807, 2.05) is 31.2 Å². The smallest absolute Gasteiger partial charge is 0.219 e. The fraction of sp³-hybridized carbons (Fsp3) is 0.562. The molecule has 1 aliphatic carbocycles. The molecule has 104 valence electrons. The molecule has 0 saturated heterocycles. The van der Waals surface area contributed by atoms with E-state index in [0.29, 0.717) is 19.1 Å².